The second-order valence-corrected chi connectivity index (χ2v) is 6.81. The van der Waals surface area contributed by atoms with Gasteiger partial charge >= 0.3 is 0 Å². The van der Waals surface area contributed by atoms with Gasteiger partial charge in [0.2, 0.25) is 0 Å². The van der Waals surface area contributed by atoms with Gasteiger partial charge in [-0.1, -0.05) is 24.6 Å². The highest BCUT2D eigenvalue weighted by atomic mass is 35.5. The first-order chi connectivity index (χ1) is 11.0. The molecule has 1 rings (SSSR count). The highest BCUT2D eigenvalue weighted by Crippen LogP contribution is 2.15. The van der Waals surface area contributed by atoms with E-state index in [1.165, 1.54) is 0 Å². The molecule has 0 saturated carbocycles. The molecule has 0 radical (unpaired) electrons. The summed E-state index contributed by atoms with van der Waals surface area (Å²) in [7, 11) is -0.934. The number of halogens is 1. The molecule has 0 aromatic carbocycles. The van der Waals surface area contributed by atoms with E-state index >= 15 is 0 Å². The SMILES string of the molecule is C=C(/C=C(Cl)\C=C1/CC=NN1)N(CN)CCCCCNS(C)=O. The van der Waals surface area contributed by atoms with Gasteiger partial charge in [-0.15, -0.1) is 0 Å². The minimum absolute atomic E-state index is 0.397. The Morgan fingerprint density at radius 1 is 1.61 bits per heavy atom. The molecular formula is C15H26ClN5OS. The molecule has 0 aliphatic carbocycles. The van der Waals surface area contributed by atoms with Crippen LogP contribution >= 0.6 is 11.6 Å². The first kappa shape index (κ1) is 19.9. The minimum Gasteiger partial charge on any atom is -0.359 e. The van der Waals surface area contributed by atoms with Crippen molar-refractivity contribution in [2.45, 2.75) is 25.7 Å². The van der Waals surface area contributed by atoms with E-state index in [0.29, 0.717) is 11.7 Å². The van der Waals surface area contributed by atoms with Crippen molar-refractivity contribution in [3.8, 4) is 0 Å². The maximum absolute atomic E-state index is 10.9. The summed E-state index contributed by atoms with van der Waals surface area (Å²) >= 11 is 6.21. The average Bonchev–Trinajstić information content (AvgIpc) is 2.98. The molecule has 0 amide bonds. The number of allylic oxidation sites excluding steroid dienone is 4. The number of hydrazone groups is 1. The molecule has 4 N–H and O–H groups in total. The second kappa shape index (κ2) is 11.4. The maximum Gasteiger partial charge on any atom is 0.0883 e. The summed E-state index contributed by atoms with van der Waals surface area (Å²) in [5.74, 6) is 0. The fourth-order valence-electron chi connectivity index (χ4n) is 2.04. The molecule has 1 heterocycles. The van der Waals surface area contributed by atoms with Crippen molar-refractivity contribution in [3.05, 3.63) is 35.2 Å². The topological polar surface area (TPSA) is 82.8 Å². The summed E-state index contributed by atoms with van der Waals surface area (Å²) in [6, 6.07) is 0. The summed E-state index contributed by atoms with van der Waals surface area (Å²) in [5.41, 5.74) is 10.4. The molecular weight excluding hydrogens is 334 g/mol. The smallest absolute Gasteiger partial charge is 0.0883 e. The van der Waals surface area contributed by atoms with Gasteiger partial charge in [-0.3, -0.25) is 5.43 Å². The normalized spacial score (nSPS) is 17.3. The zero-order valence-corrected chi connectivity index (χ0v) is 15.1. The van der Waals surface area contributed by atoms with Crippen LogP contribution in [0.3, 0.4) is 0 Å². The van der Waals surface area contributed by atoms with Gasteiger partial charge in [0.05, 0.1) is 17.7 Å². The van der Waals surface area contributed by atoms with Crippen molar-refractivity contribution in [3.63, 3.8) is 0 Å². The Hall–Kier alpha value is -1.15. The monoisotopic (exact) mass is 359 g/mol. The summed E-state index contributed by atoms with van der Waals surface area (Å²) in [5, 5.41) is 4.51. The molecule has 8 heteroatoms. The van der Waals surface area contributed by atoms with Crippen molar-refractivity contribution < 1.29 is 4.21 Å². The van der Waals surface area contributed by atoms with Gasteiger partial charge in [0.25, 0.3) is 0 Å². The van der Waals surface area contributed by atoms with Crippen LogP contribution in [0, 0.1) is 0 Å². The average molecular weight is 360 g/mol. The summed E-state index contributed by atoms with van der Waals surface area (Å²) in [4.78, 5) is 1.99. The highest BCUT2D eigenvalue weighted by molar-refractivity contribution is 7.82. The third kappa shape index (κ3) is 8.90. The van der Waals surface area contributed by atoms with E-state index in [9.17, 15) is 4.21 Å². The maximum atomic E-state index is 10.9. The van der Waals surface area contributed by atoms with E-state index in [4.69, 9.17) is 17.3 Å². The number of hydrogen-bond donors (Lipinski definition) is 3. The van der Waals surface area contributed by atoms with Crippen molar-refractivity contribution in [2.24, 2.45) is 10.8 Å². The van der Waals surface area contributed by atoms with Crippen LogP contribution in [0.5, 0.6) is 0 Å². The van der Waals surface area contributed by atoms with Crippen LogP contribution < -0.4 is 15.9 Å². The van der Waals surface area contributed by atoms with Crippen molar-refractivity contribution in [1.82, 2.24) is 15.0 Å². The van der Waals surface area contributed by atoms with E-state index < -0.39 is 11.0 Å². The van der Waals surface area contributed by atoms with Crippen LogP contribution in [0.2, 0.25) is 0 Å². The van der Waals surface area contributed by atoms with Gasteiger partial charge in [-0.2, -0.15) is 5.10 Å². The predicted octanol–water partition coefficient (Wildman–Crippen LogP) is 1.76. The molecule has 0 aromatic rings. The molecule has 23 heavy (non-hydrogen) atoms. The van der Waals surface area contributed by atoms with Crippen LogP contribution in [0.15, 0.2) is 40.3 Å². The lowest BCUT2D eigenvalue weighted by atomic mass is 10.2. The van der Waals surface area contributed by atoms with Crippen molar-refractivity contribution in [1.29, 1.82) is 0 Å². The van der Waals surface area contributed by atoms with E-state index in [1.807, 2.05) is 17.1 Å². The highest BCUT2D eigenvalue weighted by Gasteiger charge is 2.05. The molecule has 0 spiro atoms. The standard InChI is InChI=1S/C15H26ClN5OS/c1-13(10-14(16)11-15-6-8-18-20-15)21(12-17)9-5-3-4-7-19-23(2)22/h8,10-11,19-20H,1,3-7,9,12,17H2,2H3/b14-10+,15-11+. The molecule has 0 saturated heterocycles. The van der Waals surface area contributed by atoms with Gasteiger partial charge < -0.3 is 10.6 Å². The third-order valence-corrected chi connectivity index (χ3v) is 4.09. The zero-order valence-electron chi connectivity index (χ0n) is 13.6. The lowest BCUT2D eigenvalue weighted by Gasteiger charge is -2.23. The fraction of sp³-hybridized carbons (Fsp3) is 0.533. The van der Waals surface area contributed by atoms with Crippen LogP contribution in [0.25, 0.3) is 0 Å². The Morgan fingerprint density at radius 3 is 3.00 bits per heavy atom. The third-order valence-electron chi connectivity index (χ3n) is 3.26. The minimum atomic E-state index is -0.934. The molecule has 130 valence electrons. The molecule has 1 aliphatic heterocycles. The number of nitrogens with two attached hydrogens (primary N) is 1. The number of unbranched alkanes of at least 4 members (excludes halogenated alkanes) is 2. The van der Waals surface area contributed by atoms with Crippen LogP contribution in [0.4, 0.5) is 0 Å². The predicted molar refractivity (Wildman–Crippen MR) is 99.1 cm³/mol. The first-order valence-electron chi connectivity index (χ1n) is 7.59. The lowest BCUT2D eigenvalue weighted by molar-refractivity contribution is 0.354. The number of hydrogen-bond acceptors (Lipinski definition) is 5. The summed E-state index contributed by atoms with van der Waals surface area (Å²) < 4.78 is 13.8. The Kier molecular flexibility index (Phi) is 9.86. The van der Waals surface area contributed by atoms with Gasteiger partial charge in [-0.05, 0) is 25.0 Å². The Bertz CT molecular complexity index is 494. The van der Waals surface area contributed by atoms with Crippen molar-refractivity contribution in [2.75, 3.05) is 26.0 Å². The Morgan fingerprint density at radius 2 is 2.39 bits per heavy atom. The van der Waals surface area contributed by atoms with E-state index in [-0.39, 0.29) is 0 Å². The lowest BCUT2D eigenvalue weighted by Crippen LogP contribution is -2.29. The zero-order chi connectivity index (χ0) is 17.1. The van der Waals surface area contributed by atoms with Gasteiger partial charge in [0.15, 0.2) is 0 Å². The largest absolute Gasteiger partial charge is 0.359 e. The van der Waals surface area contributed by atoms with Gasteiger partial charge in [0, 0.05) is 48.4 Å². The molecule has 6 nitrogen and oxygen atoms in total. The number of nitrogens with zero attached hydrogens (tertiary/aromatic N) is 2. The Labute approximate surface area is 146 Å². The molecule has 1 atom stereocenters. The molecule has 1 aliphatic rings. The molecule has 0 bridgehead atoms. The first-order valence-corrected chi connectivity index (χ1v) is 9.52. The summed E-state index contributed by atoms with van der Waals surface area (Å²) in [6.45, 7) is 6.02. The Balaban J connectivity index is 2.33. The van der Waals surface area contributed by atoms with Gasteiger partial charge in [-0.25, -0.2) is 8.93 Å². The van der Waals surface area contributed by atoms with E-state index in [2.05, 4.69) is 21.8 Å². The van der Waals surface area contributed by atoms with Crippen LogP contribution in [0.1, 0.15) is 25.7 Å². The van der Waals surface area contributed by atoms with Crippen molar-refractivity contribution >= 4 is 28.8 Å². The number of nitrogens with one attached hydrogen (secondary N) is 2. The van der Waals surface area contributed by atoms with Gasteiger partial charge in [0.1, 0.15) is 0 Å². The fourth-order valence-corrected chi connectivity index (χ4v) is 2.73. The van der Waals surface area contributed by atoms with E-state index in [0.717, 1.165) is 50.2 Å². The van der Waals surface area contributed by atoms with Crippen LogP contribution in [-0.2, 0) is 11.0 Å². The molecule has 0 aromatic heterocycles. The summed E-state index contributed by atoms with van der Waals surface area (Å²) in [6.07, 6.45) is 10.9. The second-order valence-electron chi connectivity index (χ2n) is 5.17. The quantitative estimate of drug-likeness (QED) is 0.298. The number of rotatable bonds is 11. The van der Waals surface area contributed by atoms with E-state index in [1.54, 1.807) is 12.5 Å². The molecule has 0 fully saturated rings. The van der Waals surface area contributed by atoms with Crippen LogP contribution in [-0.4, -0.2) is 41.3 Å². The molecule has 1 unspecified atom stereocenters.